The second-order valence-corrected chi connectivity index (χ2v) is 6.02. The van der Waals surface area contributed by atoms with E-state index in [1.807, 2.05) is 38.1 Å². The van der Waals surface area contributed by atoms with Crippen molar-refractivity contribution in [3.63, 3.8) is 0 Å². The first kappa shape index (κ1) is 16.8. The molecule has 0 radical (unpaired) electrons. The van der Waals surface area contributed by atoms with E-state index in [9.17, 15) is 9.18 Å². The molecule has 1 unspecified atom stereocenters. The predicted octanol–water partition coefficient (Wildman–Crippen LogP) is 3.51. The van der Waals surface area contributed by atoms with E-state index in [0.29, 0.717) is 5.69 Å². The molecule has 0 aliphatic carbocycles. The van der Waals surface area contributed by atoms with Gasteiger partial charge in [-0.2, -0.15) is 0 Å². The molecule has 128 valence electrons. The zero-order valence-corrected chi connectivity index (χ0v) is 14.3. The summed E-state index contributed by atoms with van der Waals surface area (Å²) in [6, 6.07) is 13.6. The Balaban J connectivity index is 1.79. The molecule has 1 atom stereocenters. The molecule has 0 aliphatic rings. The molecule has 1 aromatic heterocycles. The Morgan fingerprint density at radius 2 is 1.72 bits per heavy atom. The number of carbonyl (C=O) groups excluding carboxylic acids is 1. The first-order valence-corrected chi connectivity index (χ1v) is 8.01. The van der Waals surface area contributed by atoms with Crippen LogP contribution >= 0.6 is 0 Å². The van der Waals surface area contributed by atoms with Crippen molar-refractivity contribution in [1.29, 1.82) is 0 Å². The van der Waals surface area contributed by atoms with Crippen LogP contribution in [0.1, 0.15) is 40.3 Å². The molecule has 3 rings (SSSR count). The van der Waals surface area contributed by atoms with Crippen LogP contribution in [0.2, 0.25) is 0 Å². The standard InChI is InChI=1S/C19H19FN4O/c1-12-4-10-17(11-5-12)24-14(3)18(22-23-24)19(25)21-13(2)15-6-8-16(20)9-7-15/h4-11,13H,1-3H3,(H,21,25). The molecule has 1 amide bonds. The number of aryl methyl sites for hydroxylation is 1. The summed E-state index contributed by atoms with van der Waals surface area (Å²) in [6.07, 6.45) is 0. The van der Waals surface area contributed by atoms with E-state index in [2.05, 4.69) is 15.6 Å². The van der Waals surface area contributed by atoms with Crippen LogP contribution in [-0.4, -0.2) is 20.9 Å². The smallest absolute Gasteiger partial charge is 0.274 e. The molecule has 2 aromatic carbocycles. The minimum atomic E-state index is -0.312. The number of rotatable bonds is 4. The molecule has 0 spiro atoms. The van der Waals surface area contributed by atoms with Crippen LogP contribution in [0.4, 0.5) is 4.39 Å². The molecule has 5 nitrogen and oxygen atoms in total. The van der Waals surface area contributed by atoms with E-state index < -0.39 is 0 Å². The van der Waals surface area contributed by atoms with E-state index in [-0.39, 0.29) is 23.5 Å². The van der Waals surface area contributed by atoms with Crippen molar-refractivity contribution in [2.45, 2.75) is 26.8 Å². The van der Waals surface area contributed by atoms with E-state index in [0.717, 1.165) is 16.8 Å². The minimum absolute atomic E-state index is 0.267. The van der Waals surface area contributed by atoms with Gasteiger partial charge in [0.15, 0.2) is 5.69 Å². The second-order valence-electron chi connectivity index (χ2n) is 6.02. The van der Waals surface area contributed by atoms with Gasteiger partial charge in [0.25, 0.3) is 5.91 Å². The van der Waals surface area contributed by atoms with Crippen molar-refractivity contribution in [3.8, 4) is 5.69 Å². The lowest BCUT2D eigenvalue weighted by Gasteiger charge is -2.13. The van der Waals surface area contributed by atoms with Crippen molar-refractivity contribution < 1.29 is 9.18 Å². The van der Waals surface area contributed by atoms with Crippen molar-refractivity contribution in [3.05, 3.63) is 76.9 Å². The maximum Gasteiger partial charge on any atom is 0.274 e. The highest BCUT2D eigenvalue weighted by atomic mass is 19.1. The summed E-state index contributed by atoms with van der Waals surface area (Å²) >= 11 is 0. The van der Waals surface area contributed by atoms with E-state index >= 15 is 0 Å². The molecule has 1 heterocycles. The third-order valence-electron chi connectivity index (χ3n) is 4.11. The molecule has 0 saturated carbocycles. The van der Waals surface area contributed by atoms with Gasteiger partial charge in [0.05, 0.1) is 17.4 Å². The lowest BCUT2D eigenvalue weighted by Crippen LogP contribution is -2.27. The zero-order chi connectivity index (χ0) is 18.0. The number of aromatic nitrogens is 3. The number of hydrogen-bond donors (Lipinski definition) is 1. The van der Waals surface area contributed by atoms with Crippen LogP contribution in [-0.2, 0) is 0 Å². The van der Waals surface area contributed by atoms with Gasteiger partial charge in [0.2, 0.25) is 0 Å². The topological polar surface area (TPSA) is 59.8 Å². The monoisotopic (exact) mass is 338 g/mol. The average Bonchev–Trinajstić information content (AvgIpc) is 2.98. The first-order chi connectivity index (χ1) is 12.0. The number of benzene rings is 2. The predicted molar refractivity (Wildman–Crippen MR) is 93.1 cm³/mol. The number of nitrogens with one attached hydrogen (secondary N) is 1. The first-order valence-electron chi connectivity index (χ1n) is 8.01. The van der Waals surface area contributed by atoms with Gasteiger partial charge in [0.1, 0.15) is 5.82 Å². The molecule has 6 heteroatoms. The largest absolute Gasteiger partial charge is 0.344 e. The minimum Gasteiger partial charge on any atom is -0.344 e. The molecular formula is C19H19FN4O. The molecule has 0 bridgehead atoms. The Labute approximate surface area is 145 Å². The van der Waals surface area contributed by atoms with Gasteiger partial charge in [-0.05, 0) is 50.6 Å². The average molecular weight is 338 g/mol. The van der Waals surface area contributed by atoms with Crippen molar-refractivity contribution in [2.24, 2.45) is 0 Å². The third-order valence-corrected chi connectivity index (χ3v) is 4.11. The van der Waals surface area contributed by atoms with E-state index in [4.69, 9.17) is 0 Å². The number of hydrogen-bond acceptors (Lipinski definition) is 3. The van der Waals surface area contributed by atoms with Gasteiger partial charge in [-0.3, -0.25) is 4.79 Å². The van der Waals surface area contributed by atoms with Crippen LogP contribution in [0, 0.1) is 19.7 Å². The highest BCUT2D eigenvalue weighted by Gasteiger charge is 2.19. The van der Waals surface area contributed by atoms with E-state index in [1.165, 1.54) is 12.1 Å². The summed E-state index contributed by atoms with van der Waals surface area (Å²) in [5, 5.41) is 11.0. The molecule has 0 aliphatic heterocycles. The molecule has 0 saturated heterocycles. The molecule has 25 heavy (non-hydrogen) atoms. The fourth-order valence-corrected chi connectivity index (χ4v) is 2.57. The van der Waals surface area contributed by atoms with Crippen LogP contribution in [0.5, 0.6) is 0 Å². The Bertz CT molecular complexity index is 885. The van der Waals surface area contributed by atoms with Crippen molar-refractivity contribution in [2.75, 3.05) is 0 Å². The molecule has 1 N–H and O–H groups in total. The van der Waals surface area contributed by atoms with Crippen LogP contribution in [0.15, 0.2) is 48.5 Å². The SMILES string of the molecule is Cc1ccc(-n2nnc(C(=O)NC(C)c3ccc(F)cc3)c2C)cc1. The van der Waals surface area contributed by atoms with Gasteiger partial charge in [-0.25, -0.2) is 9.07 Å². The van der Waals surface area contributed by atoms with Crippen LogP contribution < -0.4 is 5.32 Å². The Morgan fingerprint density at radius 1 is 1.08 bits per heavy atom. The number of halogens is 1. The maximum atomic E-state index is 13.0. The van der Waals surface area contributed by atoms with Crippen molar-refractivity contribution >= 4 is 5.91 Å². The highest BCUT2D eigenvalue weighted by molar-refractivity contribution is 5.93. The molecule has 3 aromatic rings. The Hall–Kier alpha value is -3.02. The van der Waals surface area contributed by atoms with Crippen molar-refractivity contribution in [1.82, 2.24) is 20.3 Å². The lowest BCUT2D eigenvalue weighted by atomic mass is 10.1. The summed E-state index contributed by atoms with van der Waals surface area (Å²) < 4.78 is 14.6. The maximum absolute atomic E-state index is 13.0. The fraction of sp³-hybridized carbons (Fsp3) is 0.211. The van der Waals surface area contributed by atoms with Gasteiger partial charge < -0.3 is 5.32 Å². The van der Waals surface area contributed by atoms with Gasteiger partial charge in [-0.15, -0.1) is 5.10 Å². The Morgan fingerprint density at radius 3 is 2.36 bits per heavy atom. The summed E-state index contributed by atoms with van der Waals surface area (Å²) in [6.45, 7) is 5.65. The van der Waals surface area contributed by atoms with Gasteiger partial charge in [0, 0.05) is 0 Å². The lowest BCUT2D eigenvalue weighted by molar-refractivity contribution is 0.0934. The van der Waals surface area contributed by atoms with Gasteiger partial charge >= 0.3 is 0 Å². The molecule has 0 fully saturated rings. The fourth-order valence-electron chi connectivity index (χ4n) is 2.57. The Kier molecular flexibility index (Phi) is 4.61. The highest BCUT2D eigenvalue weighted by Crippen LogP contribution is 2.16. The zero-order valence-electron chi connectivity index (χ0n) is 14.3. The van der Waals surface area contributed by atoms with Crippen LogP contribution in [0.25, 0.3) is 5.69 Å². The third kappa shape index (κ3) is 3.57. The summed E-state index contributed by atoms with van der Waals surface area (Å²) in [5.74, 6) is -0.619. The van der Waals surface area contributed by atoms with E-state index in [1.54, 1.807) is 23.7 Å². The van der Waals surface area contributed by atoms with Crippen LogP contribution in [0.3, 0.4) is 0 Å². The summed E-state index contributed by atoms with van der Waals surface area (Å²) in [5.41, 5.74) is 3.74. The summed E-state index contributed by atoms with van der Waals surface area (Å²) in [7, 11) is 0. The van der Waals surface area contributed by atoms with Gasteiger partial charge in [-0.1, -0.05) is 35.0 Å². The summed E-state index contributed by atoms with van der Waals surface area (Å²) in [4.78, 5) is 12.5. The normalized spacial score (nSPS) is 12.0. The number of amides is 1. The quantitative estimate of drug-likeness (QED) is 0.792. The number of nitrogens with zero attached hydrogens (tertiary/aromatic N) is 3. The number of carbonyl (C=O) groups is 1. The second kappa shape index (κ2) is 6.84. The molecular weight excluding hydrogens is 319 g/mol.